The molecule has 3 heterocycles. The number of fused-ring (bicyclic) bond motifs is 5. The number of allylic oxidation sites excluding steroid dienone is 1. The lowest BCUT2D eigenvalue weighted by molar-refractivity contribution is -0.140. The van der Waals surface area contributed by atoms with Crippen molar-refractivity contribution in [2.24, 2.45) is 0 Å². The van der Waals surface area contributed by atoms with Crippen LogP contribution in [0.5, 0.6) is 5.75 Å². The Labute approximate surface area is 295 Å². The van der Waals surface area contributed by atoms with Crippen LogP contribution >= 0.6 is 0 Å². The van der Waals surface area contributed by atoms with Crippen molar-refractivity contribution in [2.75, 3.05) is 34.3 Å². The molecule has 0 unspecified atom stereocenters. The Kier molecular flexibility index (Phi) is 10.00. The van der Waals surface area contributed by atoms with Crippen LogP contribution in [-0.4, -0.2) is 84.1 Å². The third-order valence-electron chi connectivity index (χ3n) is 9.78. The molecule has 9 nitrogen and oxygen atoms in total. The lowest BCUT2D eigenvalue weighted by Gasteiger charge is -2.35. The molecule has 1 aromatic heterocycles. The van der Waals surface area contributed by atoms with E-state index >= 15 is 0 Å². The van der Waals surface area contributed by atoms with Gasteiger partial charge in [0.2, 0.25) is 0 Å². The molecule has 1 amide bonds. The highest BCUT2D eigenvalue weighted by Crippen LogP contribution is 2.47. The van der Waals surface area contributed by atoms with Gasteiger partial charge in [-0.1, -0.05) is 25.3 Å². The maximum Gasteiger partial charge on any atom is 0.338 e. The van der Waals surface area contributed by atoms with Gasteiger partial charge in [-0.2, -0.15) is 0 Å². The van der Waals surface area contributed by atoms with E-state index in [-0.39, 0.29) is 36.0 Å². The Morgan fingerprint density at radius 2 is 1.66 bits per heavy atom. The Bertz CT molecular complexity index is 1860. The fourth-order valence-corrected chi connectivity index (χ4v) is 7.80. The summed E-state index contributed by atoms with van der Waals surface area (Å²) in [5.74, 6) is -0.0243. The highest BCUT2D eigenvalue weighted by Gasteiger charge is 2.35. The number of ketones is 1. The summed E-state index contributed by atoms with van der Waals surface area (Å²) in [6.07, 6.45) is 8.96. The number of rotatable bonds is 7. The van der Waals surface area contributed by atoms with Gasteiger partial charge < -0.3 is 28.6 Å². The van der Waals surface area contributed by atoms with Gasteiger partial charge in [-0.05, 0) is 101 Å². The van der Waals surface area contributed by atoms with Crippen LogP contribution in [0, 0.1) is 0 Å². The second-order valence-corrected chi connectivity index (χ2v) is 15.3. The molecule has 50 heavy (non-hydrogen) atoms. The highest BCUT2D eigenvalue weighted by molar-refractivity contribution is 6.26. The van der Waals surface area contributed by atoms with Gasteiger partial charge in [0, 0.05) is 55.4 Å². The van der Waals surface area contributed by atoms with Gasteiger partial charge in [-0.25, -0.2) is 4.79 Å². The molecule has 3 aliphatic rings. The molecule has 0 radical (unpaired) electrons. The normalized spacial score (nSPS) is 20.0. The molecule has 3 aromatic rings. The van der Waals surface area contributed by atoms with Crippen molar-refractivity contribution >= 4 is 34.6 Å². The fourth-order valence-electron chi connectivity index (χ4n) is 7.80. The van der Waals surface area contributed by atoms with Gasteiger partial charge >= 0.3 is 5.97 Å². The van der Waals surface area contributed by atoms with E-state index in [1.54, 1.807) is 23.1 Å². The molecule has 2 fully saturated rings. The summed E-state index contributed by atoms with van der Waals surface area (Å²) >= 11 is 0. The van der Waals surface area contributed by atoms with E-state index in [1.807, 2.05) is 79.1 Å². The van der Waals surface area contributed by atoms with Gasteiger partial charge in [-0.3, -0.25) is 9.59 Å². The first-order valence-electron chi connectivity index (χ1n) is 17.9. The van der Waals surface area contributed by atoms with E-state index < -0.39 is 11.6 Å². The number of ether oxygens (including phenoxy) is 3. The molecule has 6 rings (SSSR count). The lowest BCUT2D eigenvalue weighted by atomic mass is 9.81. The van der Waals surface area contributed by atoms with Crippen LogP contribution in [-0.2, 0) is 25.6 Å². The van der Waals surface area contributed by atoms with Crippen molar-refractivity contribution in [3.05, 3.63) is 70.4 Å². The predicted octanol–water partition coefficient (Wildman–Crippen LogP) is 7.37. The number of aromatic nitrogens is 1. The summed E-state index contributed by atoms with van der Waals surface area (Å²) in [5, 5.41) is 1.08. The monoisotopic (exact) mass is 681 g/mol. The quantitative estimate of drug-likeness (QED) is 0.111. The van der Waals surface area contributed by atoms with Crippen LogP contribution in [0.2, 0.25) is 0 Å². The molecule has 0 N–H and O–H groups in total. The summed E-state index contributed by atoms with van der Waals surface area (Å²) in [7, 11) is 5.27. The Morgan fingerprint density at radius 3 is 2.30 bits per heavy atom. The number of carbonyl (C=O) groups excluding carboxylic acids is 3. The summed E-state index contributed by atoms with van der Waals surface area (Å²) in [5.41, 5.74) is 5.40. The number of hydrogen-bond donors (Lipinski definition) is 0. The molecule has 2 atom stereocenters. The van der Waals surface area contributed by atoms with Gasteiger partial charge in [0.1, 0.15) is 16.9 Å². The Morgan fingerprint density at radius 1 is 0.960 bits per heavy atom. The van der Waals surface area contributed by atoms with Gasteiger partial charge in [-0.15, -0.1) is 0 Å². The van der Waals surface area contributed by atoms with E-state index in [1.165, 1.54) is 12.0 Å². The molecule has 266 valence electrons. The molecule has 1 saturated heterocycles. The number of carbonyl (C=O) groups is 3. The molecule has 0 bridgehead atoms. The summed E-state index contributed by atoms with van der Waals surface area (Å²) in [6, 6.07) is 11.8. The highest BCUT2D eigenvalue weighted by atomic mass is 16.6. The minimum absolute atomic E-state index is 0.105. The van der Waals surface area contributed by atoms with Crippen LogP contribution in [0.25, 0.3) is 28.2 Å². The van der Waals surface area contributed by atoms with E-state index in [2.05, 4.69) is 16.7 Å². The smallest absolute Gasteiger partial charge is 0.338 e. The van der Waals surface area contributed by atoms with Gasteiger partial charge in [0.05, 0.1) is 37.1 Å². The van der Waals surface area contributed by atoms with Crippen LogP contribution in [0.15, 0.2) is 53.7 Å². The predicted molar refractivity (Wildman–Crippen MR) is 196 cm³/mol. The van der Waals surface area contributed by atoms with Crippen molar-refractivity contribution < 1.29 is 28.6 Å². The molecule has 2 aliphatic heterocycles. The van der Waals surface area contributed by atoms with Crippen molar-refractivity contribution in [3.63, 3.8) is 0 Å². The lowest BCUT2D eigenvalue weighted by Crippen LogP contribution is -2.49. The zero-order chi connectivity index (χ0) is 35.9. The van der Waals surface area contributed by atoms with Crippen LogP contribution in [0.3, 0.4) is 0 Å². The van der Waals surface area contributed by atoms with Gasteiger partial charge in [0.25, 0.3) is 5.91 Å². The molecular weight excluding hydrogens is 630 g/mol. The average Bonchev–Trinajstić information content (AvgIpc) is 3.27. The van der Waals surface area contributed by atoms with Crippen molar-refractivity contribution in [3.8, 4) is 17.0 Å². The number of morpholine rings is 1. The van der Waals surface area contributed by atoms with Crippen molar-refractivity contribution in [1.29, 1.82) is 0 Å². The minimum Gasteiger partial charge on any atom is -0.497 e. The van der Waals surface area contributed by atoms with Crippen LogP contribution in [0.4, 0.5) is 0 Å². The zero-order valence-electron chi connectivity index (χ0n) is 30.8. The number of nitrogens with zero attached hydrogens (tertiary/aromatic N) is 3. The summed E-state index contributed by atoms with van der Waals surface area (Å²) in [4.78, 5) is 45.9. The minimum atomic E-state index is -0.645. The maximum atomic E-state index is 14.8. The third-order valence-corrected chi connectivity index (χ3v) is 9.78. The second kappa shape index (κ2) is 14.1. The SMILES string of the molecule is COc1ccc2c(c1)C=C(C(=O)C(=CN(C)C)C(=O)N1C[C@@H](C)O[C@@H](C)C1)Cn1c-2c(C2CCCCC2)c2ccc(C(=O)OC(C)(C)C)cc21. The average molecular weight is 682 g/mol. The topological polar surface area (TPSA) is 90.3 Å². The number of methoxy groups -OCH3 is 1. The molecular formula is C41H51N3O6. The summed E-state index contributed by atoms with van der Waals surface area (Å²) in [6.45, 7) is 10.5. The first-order valence-corrected chi connectivity index (χ1v) is 17.9. The molecule has 2 aromatic carbocycles. The molecule has 9 heteroatoms. The number of amides is 1. The Balaban J connectivity index is 1.55. The largest absolute Gasteiger partial charge is 0.497 e. The third kappa shape index (κ3) is 7.24. The maximum absolute atomic E-state index is 14.8. The zero-order valence-corrected chi connectivity index (χ0v) is 30.8. The first kappa shape index (κ1) is 35.5. The van der Waals surface area contributed by atoms with Crippen LogP contribution in [0.1, 0.15) is 94.1 Å². The van der Waals surface area contributed by atoms with Crippen molar-refractivity contribution in [1.82, 2.24) is 14.4 Å². The van der Waals surface area contributed by atoms with E-state index in [4.69, 9.17) is 14.2 Å². The number of benzene rings is 2. The summed E-state index contributed by atoms with van der Waals surface area (Å²) < 4.78 is 19.5. The molecule has 1 aliphatic carbocycles. The first-order chi connectivity index (χ1) is 23.7. The van der Waals surface area contributed by atoms with E-state index in [9.17, 15) is 14.4 Å². The molecule has 1 saturated carbocycles. The number of Topliss-reactive ketones (excluding diaryl/α,β-unsaturated/α-hetero) is 1. The van der Waals surface area contributed by atoms with Gasteiger partial charge in [0.15, 0.2) is 5.78 Å². The van der Waals surface area contributed by atoms with Crippen LogP contribution < -0.4 is 4.74 Å². The number of hydrogen-bond acceptors (Lipinski definition) is 7. The Hall–Kier alpha value is -4.37. The number of esters is 1. The van der Waals surface area contributed by atoms with E-state index in [0.29, 0.717) is 35.9 Å². The standard InChI is InChI=1S/C41H51N3O6/c1-25-21-43(22-26(2)49-25)39(46)34(24-42(6)7)38(45)30-18-29-19-31(48-8)15-17-32(29)37-36(27-12-10-9-11-13-27)33-16-14-28(20-35(33)44(37)23-30)40(47)50-41(3,4)5/h14-20,24-27H,9-13,21-23H2,1-8H3/t25-,26+. The second-order valence-electron chi connectivity index (χ2n) is 15.3. The fraction of sp³-hybridized carbons (Fsp3) is 0.488. The molecule has 0 spiro atoms. The van der Waals surface area contributed by atoms with E-state index in [0.717, 1.165) is 53.4 Å². The van der Waals surface area contributed by atoms with Crippen molar-refractivity contribution in [2.45, 2.75) is 97.0 Å².